The standard InChI is InChI=1S/C18H27N3O2/c1-12-8-13(2)10-14(9-12)20-18(23)16-11-15(16)17(22)19-6-5-7-21(3)4/h8-10,15-16H,5-7,11H2,1-4H3,(H,19,22)(H,20,23). The van der Waals surface area contributed by atoms with E-state index in [1.807, 2.05) is 40.1 Å². The molecular formula is C18H27N3O2. The first-order valence-electron chi connectivity index (χ1n) is 8.18. The highest BCUT2D eigenvalue weighted by atomic mass is 16.2. The van der Waals surface area contributed by atoms with Gasteiger partial charge in [-0.1, -0.05) is 6.07 Å². The maximum absolute atomic E-state index is 12.2. The average Bonchev–Trinajstić information content (AvgIpc) is 3.22. The number of rotatable bonds is 7. The van der Waals surface area contributed by atoms with Gasteiger partial charge in [0.15, 0.2) is 0 Å². The first-order valence-corrected chi connectivity index (χ1v) is 8.18. The van der Waals surface area contributed by atoms with Gasteiger partial charge in [0.1, 0.15) is 0 Å². The van der Waals surface area contributed by atoms with Crippen molar-refractivity contribution in [2.24, 2.45) is 11.8 Å². The van der Waals surface area contributed by atoms with E-state index in [9.17, 15) is 9.59 Å². The lowest BCUT2D eigenvalue weighted by Gasteiger charge is -2.10. The van der Waals surface area contributed by atoms with E-state index in [0.717, 1.165) is 29.8 Å². The largest absolute Gasteiger partial charge is 0.356 e. The molecule has 0 saturated heterocycles. The number of benzene rings is 1. The number of anilines is 1. The van der Waals surface area contributed by atoms with Crippen molar-refractivity contribution < 1.29 is 9.59 Å². The van der Waals surface area contributed by atoms with Gasteiger partial charge in [-0.05, 0) is 70.6 Å². The van der Waals surface area contributed by atoms with Crippen LogP contribution in [0.15, 0.2) is 18.2 Å². The van der Waals surface area contributed by atoms with Gasteiger partial charge < -0.3 is 15.5 Å². The lowest BCUT2D eigenvalue weighted by molar-refractivity contribution is -0.125. The number of nitrogens with zero attached hydrogens (tertiary/aromatic N) is 1. The van der Waals surface area contributed by atoms with Gasteiger partial charge in [0.2, 0.25) is 11.8 Å². The Morgan fingerprint density at radius 1 is 1.09 bits per heavy atom. The first kappa shape index (κ1) is 17.5. The number of carbonyl (C=O) groups excluding carboxylic acids is 2. The minimum Gasteiger partial charge on any atom is -0.356 e. The molecule has 2 N–H and O–H groups in total. The molecule has 23 heavy (non-hydrogen) atoms. The lowest BCUT2D eigenvalue weighted by atomic mass is 10.1. The van der Waals surface area contributed by atoms with Crippen LogP contribution in [0.3, 0.4) is 0 Å². The third-order valence-electron chi connectivity index (χ3n) is 4.03. The molecule has 1 saturated carbocycles. The third kappa shape index (κ3) is 5.36. The average molecular weight is 317 g/mol. The monoisotopic (exact) mass is 317 g/mol. The number of hydrogen-bond donors (Lipinski definition) is 2. The van der Waals surface area contributed by atoms with Crippen LogP contribution in [-0.4, -0.2) is 43.9 Å². The normalized spacial score (nSPS) is 19.5. The van der Waals surface area contributed by atoms with Crippen LogP contribution in [0.4, 0.5) is 5.69 Å². The van der Waals surface area contributed by atoms with E-state index >= 15 is 0 Å². The third-order valence-corrected chi connectivity index (χ3v) is 4.03. The summed E-state index contributed by atoms with van der Waals surface area (Å²) in [5.74, 6) is -0.405. The summed E-state index contributed by atoms with van der Waals surface area (Å²) in [4.78, 5) is 26.3. The van der Waals surface area contributed by atoms with E-state index in [4.69, 9.17) is 0 Å². The summed E-state index contributed by atoms with van der Waals surface area (Å²) in [6.07, 6.45) is 1.57. The molecule has 2 unspecified atom stereocenters. The van der Waals surface area contributed by atoms with Gasteiger partial charge in [-0.3, -0.25) is 9.59 Å². The van der Waals surface area contributed by atoms with E-state index in [1.54, 1.807) is 0 Å². The Kier molecular flexibility index (Phi) is 5.77. The minimum atomic E-state index is -0.190. The molecule has 1 aromatic carbocycles. The van der Waals surface area contributed by atoms with Crippen molar-refractivity contribution in [3.63, 3.8) is 0 Å². The molecule has 1 aliphatic carbocycles. The molecule has 1 aliphatic rings. The predicted molar refractivity (Wildman–Crippen MR) is 92.3 cm³/mol. The molecule has 0 aliphatic heterocycles. The van der Waals surface area contributed by atoms with Crippen molar-refractivity contribution in [2.75, 3.05) is 32.5 Å². The number of carbonyl (C=O) groups is 2. The Hall–Kier alpha value is -1.88. The van der Waals surface area contributed by atoms with Crippen LogP contribution in [-0.2, 0) is 9.59 Å². The van der Waals surface area contributed by atoms with Crippen LogP contribution < -0.4 is 10.6 Å². The highest BCUT2D eigenvalue weighted by Gasteiger charge is 2.47. The summed E-state index contributed by atoms with van der Waals surface area (Å²) in [6.45, 7) is 5.62. The van der Waals surface area contributed by atoms with Crippen LogP contribution >= 0.6 is 0 Å². The molecular weight excluding hydrogens is 290 g/mol. The Balaban J connectivity index is 1.76. The van der Waals surface area contributed by atoms with Crippen molar-refractivity contribution in [3.05, 3.63) is 29.3 Å². The highest BCUT2D eigenvalue weighted by molar-refractivity contribution is 5.99. The van der Waals surface area contributed by atoms with Crippen molar-refractivity contribution in [2.45, 2.75) is 26.7 Å². The Morgan fingerprint density at radius 3 is 2.30 bits per heavy atom. The number of amides is 2. The van der Waals surface area contributed by atoms with E-state index in [2.05, 4.69) is 21.6 Å². The Morgan fingerprint density at radius 2 is 1.70 bits per heavy atom. The molecule has 0 spiro atoms. The van der Waals surface area contributed by atoms with Crippen molar-refractivity contribution >= 4 is 17.5 Å². The molecule has 1 aromatic rings. The first-order chi connectivity index (χ1) is 10.9. The van der Waals surface area contributed by atoms with Gasteiger partial charge in [-0.2, -0.15) is 0 Å². The van der Waals surface area contributed by atoms with E-state index in [-0.39, 0.29) is 23.7 Å². The highest BCUT2D eigenvalue weighted by Crippen LogP contribution is 2.39. The van der Waals surface area contributed by atoms with E-state index in [1.165, 1.54) is 0 Å². The molecule has 2 atom stereocenters. The minimum absolute atomic E-state index is 0.00401. The lowest BCUT2D eigenvalue weighted by Crippen LogP contribution is -2.30. The number of aryl methyl sites for hydroxylation is 2. The molecule has 5 heteroatoms. The summed E-state index contributed by atoms with van der Waals surface area (Å²) in [5, 5.41) is 5.85. The van der Waals surface area contributed by atoms with E-state index < -0.39 is 0 Å². The summed E-state index contributed by atoms with van der Waals surface area (Å²) in [7, 11) is 4.02. The summed E-state index contributed by atoms with van der Waals surface area (Å²) in [6, 6.07) is 5.96. The molecule has 2 rings (SSSR count). The Bertz CT molecular complexity index is 563. The van der Waals surface area contributed by atoms with Gasteiger partial charge in [-0.15, -0.1) is 0 Å². The van der Waals surface area contributed by atoms with Crippen molar-refractivity contribution in [1.82, 2.24) is 10.2 Å². The molecule has 126 valence electrons. The van der Waals surface area contributed by atoms with Crippen LogP contribution in [0.1, 0.15) is 24.0 Å². The van der Waals surface area contributed by atoms with Crippen LogP contribution in [0.2, 0.25) is 0 Å². The second-order valence-electron chi connectivity index (χ2n) is 6.76. The second kappa shape index (κ2) is 7.59. The zero-order valence-corrected chi connectivity index (χ0v) is 14.5. The zero-order valence-electron chi connectivity index (χ0n) is 14.5. The molecule has 2 amide bonds. The maximum atomic E-state index is 12.2. The van der Waals surface area contributed by atoms with Gasteiger partial charge in [0.25, 0.3) is 0 Å². The Labute approximate surface area is 138 Å². The fourth-order valence-electron chi connectivity index (χ4n) is 2.79. The van der Waals surface area contributed by atoms with Gasteiger partial charge in [-0.25, -0.2) is 0 Å². The second-order valence-corrected chi connectivity index (χ2v) is 6.76. The fraction of sp³-hybridized carbons (Fsp3) is 0.556. The number of nitrogens with one attached hydrogen (secondary N) is 2. The predicted octanol–water partition coefficient (Wildman–Crippen LogP) is 1.95. The van der Waals surface area contributed by atoms with Gasteiger partial charge in [0, 0.05) is 12.2 Å². The van der Waals surface area contributed by atoms with Gasteiger partial charge >= 0.3 is 0 Å². The zero-order chi connectivity index (χ0) is 17.0. The summed E-state index contributed by atoms with van der Waals surface area (Å²) in [5.41, 5.74) is 3.04. The van der Waals surface area contributed by atoms with Crippen molar-refractivity contribution in [1.29, 1.82) is 0 Å². The smallest absolute Gasteiger partial charge is 0.228 e. The van der Waals surface area contributed by atoms with Crippen LogP contribution in [0, 0.1) is 25.7 Å². The summed E-state index contributed by atoms with van der Waals surface area (Å²) >= 11 is 0. The molecule has 5 nitrogen and oxygen atoms in total. The SMILES string of the molecule is Cc1cc(C)cc(NC(=O)C2CC2C(=O)NCCCN(C)C)c1. The molecule has 1 fully saturated rings. The molecule has 0 bridgehead atoms. The molecule has 0 radical (unpaired) electrons. The molecule has 0 aromatic heterocycles. The van der Waals surface area contributed by atoms with E-state index in [0.29, 0.717) is 13.0 Å². The topological polar surface area (TPSA) is 61.4 Å². The fourth-order valence-corrected chi connectivity index (χ4v) is 2.79. The number of hydrogen-bond acceptors (Lipinski definition) is 3. The van der Waals surface area contributed by atoms with Crippen LogP contribution in [0.25, 0.3) is 0 Å². The maximum Gasteiger partial charge on any atom is 0.228 e. The van der Waals surface area contributed by atoms with Crippen LogP contribution in [0.5, 0.6) is 0 Å². The molecule has 0 heterocycles. The summed E-state index contributed by atoms with van der Waals surface area (Å²) < 4.78 is 0. The van der Waals surface area contributed by atoms with Crippen molar-refractivity contribution in [3.8, 4) is 0 Å². The quantitative estimate of drug-likeness (QED) is 0.756. The van der Waals surface area contributed by atoms with Gasteiger partial charge in [0.05, 0.1) is 11.8 Å².